The first-order valence-electron chi connectivity index (χ1n) is 10.5. The van der Waals surface area contributed by atoms with Gasteiger partial charge in [0, 0.05) is 27.8 Å². The number of benzene rings is 4. The van der Waals surface area contributed by atoms with Crippen LogP contribution in [-0.2, 0) is 0 Å². The lowest BCUT2D eigenvalue weighted by molar-refractivity contribution is 0.616. The van der Waals surface area contributed by atoms with Gasteiger partial charge in [0.2, 0.25) is 0 Å². The van der Waals surface area contributed by atoms with Crippen LogP contribution in [0.3, 0.4) is 0 Å². The number of hydrogen-bond acceptors (Lipinski definition) is 3. The van der Waals surface area contributed by atoms with Gasteiger partial charge in [-0.2, -0.15) is 0 Å². The largest absolute Gasteiger partial charge is 0.208 e. The molecule has 1 heterocycles. The molecule has 0 N–H and O–H groups in total. The molecular weight excluding hydrogens is 416 g/mol. The second-order valence-electron chi connectivity index (χ2n) is 7.72. The maximum atomic E-state index is 14.8. The Kier molecular flexibility index (Phi) is 5.45. The number of halogens is 2. The van der Waals surface area contributed by atoms with Gasteiger partial charge in [0.05, 0.1) is 0 Å². The van der Waals surface area contributed by atoms with Crippen LogP contribution < -0.4 is 0 Å². The Hall–Kier alpha value is -4.25. The van der Waals surface area contributed by atoms with Gasteiger partial charge in [0.1, 0.15) is 11.6 Å². The average molecular weight is 435 g/mol. The summed E-state index contributed by atoms with van der Waals surface area (Å²) in [7, 11) is 0. The highest BCUT2D eigenvalue weighted by molar-refractivity contribution is 5.73. The highest BCUT2D eigenvalue weighted by Gasteiger charge is 2.16. The topological polar surface area (TPSA) is 38.7 Å². The zero-order valence-electron chi connectivity index (χ0n) is 17.8. The molecule has 33 heavy (non-hydrogen) atoms. The van der Waals surface area contributed by atoms with Crippen molar-refractivity contribution in [3.05, 3.63) is 114 Å². The summed E-state index contributed by atoms with van der Waals surface area (Å²) >= 11 is 0. The van der Waals surface area contributed by atoms with Crippen LogP contribution >= 0.6 is 0 Å². The Bertz CT molecular complexity index is 1380. The fourth-order valence-corrected chi connectivity index (χ4v) is 3.65. The fourth-order valence-electron chi connectivity index (χ4n) is 3.65. The van der Waals surface area contributed by atoms with Crippen molar-refractivity contribution in [3.63, 3.8) is 0 Å². The van der Waals surface area contributed by atoms with Crippen molar-refractivity contribution < 1.29 is 8.78 Å². The van der Waals surface area contributed by atoms with Crippen molar-refractivity contribution in [3.8, 4) is 45.3 Å². The first-order chi connectivity index (χ1) is 16.1. The Balaban J connectivity index is 1.70. The molecule has 0 aliphatic heterocycles. The van der Waals surface area contributed by atoms with Gasteiger partial charge in [-0.1, -0.05) is 72.3 Å². The van der Waals surface area contributed by atoms with Crippen molar-refractivity contribution in [2.75, 3.05) is 0 Å². The van der Waals surface area contributed by atoms with E-state index < -0.39 is 11.6 Å². The third kappa shape index (κ3) is 4.26. The van der Waals surface area contributed by atoms with Gasteiger partial charge >= 0.3 is 0 Å². The Labute approximate surface area is 190 Å². The SMILES string of the molecule is Cc1ccc(F)c(-c2cc(-c3nc(-c4ccccc4)nc(-c4ccccc4)n3)ccc2F)c1. The molecule has 0 saturated carbocycles. The van der Waals surface area contributed by atoms with Gasteiger partial charge < -0.3 is 0 Å². The minimum absolute atomic E-state index is 0.164. The van der Waals surface area contributed by atoms with Crippen LogP contribution in [0.2, 0.25) is 0 Å². The third-order valence-corrected chi connectivity index (χ3v) is 5.34. The molecule has 0 unspecified atom stereocenters. The summed E-state index contributed by atoms with van der Waals surface area (Å²) in [5, 5.41) is 0. The molecule has 0 bridgehead atoms. The molecule has 0 spiro atoms. The summed E-state index contributed by atoms with van der Waals surface area (Å²) in [5.74, 6) is 0.405. The van der Waals surface area contributed by atoms with E-state index in [1.807, 2.05) is 67.6 Å². The van der Waals surface area contributed by atoms with Crippen molar-refractivity contribution in [1.82, 2.24) is 15.0 Å². The molecule has 5 heteroatoms. The van der Waals surface area contributed by atoms with Crippen LogP contribution in [0.15, 0.2) is 97.1 Å². The van der Waals surface area contributed by atoms with Crippen LogP contribution in [0.25, 0.3) is 45.3 Å². The predicted molar refractivity (Wildman–Crippen MR) is 126 cm³/mol. The third-order valence-electron chi connectivity index (χ3n) is 5.34. The summed E-state index contributed by atoms with van der Waals surface area (Å²) in [5.41, 5.74) is 3.46. The molecule has 0 saturated heterocycles. The number of aryl methyl sites for hydroxylation is 1. The maximum absolute atomic E-state index is 14.8. The second-order valence-corrected chi connectivity index (χ2v) is 7.72. The number of nitrogens with zero attached hydrogens (tertiary/aromatic N) is 3. The van der Waals surface area contributed by atoms with E-state index in [1.54, 1.807) is 24.3 Å². The molecule has 1 aromatic heterocycles. The second kappa shape index (κ2) is 8.71. The first-order valence-corrected chi connectivity index (χ1v) is 10.5. The van der Waals surface area contributed by atoms with Gasteiger partial charge in [-0.3, -0.25) is 0 Å². The van der Waals surface area contributed by atoms with Gasteiger partial charge in [-0.15, -0.1) is 0 Å². The number of aromatic nitrogens is 3. The summed E-state index contributed by atoms with van der Waals surface area (Å²) in [4.78, 5) is 14.0. The molecule has 0 aliphatic carbocycles. The summed E-state index contributed by atoms with van der Waals surface area (Å²) in [6.45, 7) is 1.84. The highest BCUT2D eigenvalue weighted by atomic mass is 19.1. The lowest BCUT2D eigenvalue weighted by Gasteiger charge is -2.11. The Morgan fingerprint density at radius 2 is 0.939 bits per heavy atom. The van der Waals surface area contributed by atoms with Gasteiger partial charge in [0.25, 0.3) is 0 Å². The van der Waals surface area contributed by atoms with Crippen LogP contribution in [0.4, 0.5) is 8.78 Å². The van der Waals surface area contributed by atoms with Crippen LogP contribution in [-0.4, -0.2) is 15.0 Å². The van der Waals surface area contributed by atoms with E-state index in [-0.39, 0.29) is 11.1 Å². The minimum atomic E-state index is -0.510. The van der Waals surface area contributed by atoms with E-state index in [0.29, 0.717) is 23.0 Å². The predicted octanol–water partition coefficient (Wildman–Crippen LogP) is 7.13. The van der Waals surface area contributed by atoms with E-state index in [4.69, 9.17) is 0 Å². The standard InChI is InChI=1S/C28H19F2N3/c1-18-12-14-24(29)22(16-18)23-17-21(13-15-25(23)30)28-32-26(19-8-4-2-5-9-19)31-27(33-28)20-10-6-3-7-11-20/h2-17H,1H3. The van der Waals surface area contributed by atoms with Crippen molar-refractivity contribution in [2.45, 2.75) is 6.92 Å². The molecule has 5 aromatic rings. The van der Waals surface area contributed by atoms with Crippen LogP contribution in [0.5, 0.6) is 0 Å². The minimum Gasteiger partial charge on any atom is -0.208 e. The zero-order chi connectivity index (χ0) is 22.8. The highest BCUT2D eigenvalue weighted by Crippen LogP contribution is 2.31. The van der Waals surface area contributed by atoms with Crippen LogP contribution in [0, 0.1) is 18.6 Å². The van der Waals surface area contributed by atoms with Gasteiger partial charge in [-0.05, 0) is 37.3 Å². The lowest BCUT2D eigenvalue weighted by Crippen LogP contribution is -2.00. The van der Waals surface area contributed by atoms with E-state index >= 15 is 0 Å². The van der Waals surface area contributed by atoms with E-state index in [0.717, 1.165) is 16.7 Å². The molecule has 0 fully saturated rings. The fraction of sp³-hybridized carbons (Fsp3) is 0.0357. The van der Waals surface area contributed by atoms with E-state index in [1.165, 1.54) is 12.1 Å². The first kappa shape index (κ1) is 20.6. The summed E-state index contributed by atoms with van der Waals surface area (Å²) < 4.78 is 29.3. The monoisotopic (exact) mass is 435 g/mol. The van der Waals surface area contributed by atoms with Crippen molar-refractivity contribution >= 4 is 0 Å². The Morgan fingerprint density at radius 3 is 1.48 bits per heavy atom. The van der Waals surface area contributed by atoms with Crippen molar-refractivity contribution in [2.24, 2.45) is 0 Å². The van der Waals surface area contributed by atoms with Crippen molar-refractivity contribution in [1.29, 1.82) is 0 Å². The Morgan fingerprint density at radius 1 is 0.485 bits per heavy atom. The summed E-state index contributed by atoms with van der Waals surface area (Å²) in [6, 6.07) is 28.3. The van der Waals surface area contributed by atoms with E-state index in [9.17, 15) is 8.78 Å². The number of rotatable bonds is 4. The molecule has 5 rings (SSSR count). The quantitative estimate of drug-likeness (QED) is 0.301. The molecule has 4 aromatic carbocycles. The average Bonchev–Trinajstić information content (AvgIpc) is 2.87. The molecule has 0 atom stereocenters. The molecule has 3 nitrogen and oxygen atoms in total. The lowest BCUT2D eigenvalue weighted by atomic mass is 10.00. The van der Waals surface area contributed by atoms with Crippen LogP contribution in [0.1, 0.15) is 5.56 Å². The smallest absolute Gasteiger partial charge is 0.164 e. The molecular formula is C28H19F2N3. The number of hydrogen-bond donors (Lipinski definition) is 0. The molecule has 0 aliphatic rings. The molecule has 160 valence electrons. The maximum Gasteiger partial charge on any atom is 0.164 e. The normalized spacial score (nSPS) is 10.9. The van der Waals surface area contributed by atoms with E-state index in [2.05, 4.69) is 15.0 Å². The van der Waals surface area contributed by atoms with Gasteiger partial charge in [-0.25, -0.2) is 23.7 Å². The summed E-state index contributed by atoms with van der Waals surface area (Å²) in [6.07, 6.45) is 0. The molecule has 0 radical (unpaired) electrons. The van der Waals surface area contributed by atoms with Gasteiger partial charge in [0.15, 0.2) is 17.5 Å². The molecule has 0 amide bonds. The zero-order valence-corrected chi connectivity index (χ0v) is 17.8.